The number of carboxylic acids is 1. The van der Waals surface area contributed by atoms with Gasteiger partial charge in [-0.25, -0.2) is 4.98 Å². The fourth-order valence-corrected chi connectivity index (χ4v) is 2.79. The maximum atomic E-state index is 10.5. The van der Waals surface area contributed by atoms with Crippen molar-refractivity contribution in [2.24, 2.45) is 0 Å². The zero-order chi connectivity index (χ0) is 12.3. The number of aliphatic carboxylic acids is 1. The van der Waals surface area contributed by atoms with Gasteiger partial charge in [0.1, 0.15) is 0 Å². The van der Waals surface area contributed by atoms with Crippen molar-refractivity contribution in [2.45, 2.75) is 18.2 Å². The molecule has 0 radical (unpaired) electrons. The van der Waals surface area contributed by atoms with Gasteiger partial charge in [0, 0.05) is 29.7 Å². The highest BCUT2D eigenvalue weighted by Crippen LogP contribution is 2.26. The summed E-state index contributed by atoms with van der Waals surface area (Å²) in [7, 11) is 0. The summed E-state index contributed by atoms with van der Waals surface area (Å²) in [5, 5.41) is 9.79. The molecular formula is C13H14NO2S+. The monoisotopic (exact) mass is 248 g/mol. The van der Waals surface area contributed by atoms with E-state index in [1.165, 1.54) is 0 Å². The van der Waals surface area contributed by atoms with Crippen LogP contribution >= 0.6 is 11.8 Å². The summed E-state index contributed by atoms with van der Waals surface area (Å²) in [4.78, 5) is 14.9. The Morgan fingerprint density at radius 3 is 2.94 bits per heavy atom. The number of carbonyl (C=O) groups is 1. The summed E-state index contributed by atoms with van der Waals surface area (Å²) in [6.07, 6.45) is 0.191. The van der Waals surface area contributed by atoms with Gasteiger partial charge in [0.15, 0.2) is 5.69 Å². The molecule has 1 heterocycles. The Balaban J connectivity index is 2.29. The van der Waals surface area contributed by atoms with E-state index in [2.05, 4.69) is 11.1 Å². The fourth-order valence-electron chi connectivity index (χ4n) is 1.70. The van der Waals surface area contributed by atoms with Gasteiger partial charge < -0.3 is 5.11 Å². The van der Waals surface area contributed by atoms with Crippen LogP contribution in [0.5, 0.6) is 0 Å². The maximum Gasteiger partial charge on any atom is 0.304 e. The topological polar surface area (TPSA) is 51.4 Å². The van der Waals surface area contributed by atoms with Crippen molar-refractivity contribution in [1.29, 1.82) is 0 Å². The van der Waals surface area contributed by atoms with Crippen molar-refractivity contribution in [3.63, 3.8) is 0 Å². The summed E-state index contributed by atoms with van der Waals surface area (Å²) in [5.41, 5.74) is 2.17. The molecule has 0 atom stereocenters. The molecule has 3 nitrogen and oxygen atoms in total. The minimum atomic E-state index is -0.749. The van der Waals surface area contributed by atoms with Gasteiger partial charge in [0.25, 0.3) is 0 Å². The van der Waals surface area contributed by atoms with E-state index in [4.69, 9.17) is 5.11 Å². The molecule has 0 spiro atoms. The quantitative estimate of drug-likeness (QED) is 0.846. The standard InChI is InChI=1S/C13H13NO2S/c1-9-8-12(17-7-6-13(15)16)10-4-2-3-5-11(10)14-9/h2-5,8H,6-7H2,1H3,(H,15,16)/p+1. The minimum Gasteiger partial charge on any atom is -0.481 e. The number of nitrogens with one attached hydrogen (secondary N) is 1. The largest absolute Gasteiger partial charge is 0.481 e. The third-order valence-corrected chi connectivity index (χ3v) is 3.50. The van der Waals surface area contributed by atoms with Gasteiger partial charge in [-0.3, -0.25) is 4.79 Å². The Morgan fingerprint density at radius 2 is 2.18 bits per heavy atom. The van der Waals surface area contributed by atoms with Crippen molar-refractivity contribution in [3.8, 4) is 0 Å². The molecule has 0 bridgehead atoms. The van der Waals surface area contributed by atoms with E-state index in [-0.39, 0.29) is 6.42 Å². The molecule has 2 aromatic rings. The molecule has 0 fully saturated rings. The lowest BCUT2D eigenvalue weighted by Gasteiger charge is -2.02. The predicted molar refractivity (Wildman–Crippen MR) is 68.2 cm³/mol. The zero-order valence-corrected chi connectivity index (χ0v) is 10.4. The molecule has 17 heavy (non-hydrogen) atoms. The molecule has 2 N–H and O–H groups in total. The molecule has 1 aromatic carbocycles. The van der Waals surface area contributed by atoms with Gasteiger partial charge in [-0.05, 0) is 6.07 Å². The van der Waals surface area contributed by atoms with Crippen LogP contribution in [0.4, 0.5) is 0 Å². The van der Waals surface area contributed by atoms with Gasteiger partial charge >= 0.3 is 5.97 Å². The number of hydrogen-bond acceptors (Lipinski definition) is 2. The van der Waals surface area contributed by atoms with Crippen molar-refractivity contribution in [2.75, 3.05) is 5.75 Å². The van der Waals surface area contributed by atoms with Crippen molar-refractivity contribution < 1.29 is 14.9 Å². The second kappa shape index (κ2) is 5.19. The molecule has 0 aliphatic rings. The average molecular weight is 248 g/mol. The first-order valence-corrected chi connectivity index (χ1v) is 6.41. The normalized spacial score (nSPS) is 10.6. The number of para-hydroxylation sites is 1. The molecule has 0 aliphatic heterocycles. The highest BCUT2D eigenvalue weighted by Gasteiger charge is 2.09. The summed E-state index contributed by atoms with van der Waals surface area (Å²) in [5.74, 6) is -0.149. The van der Waals surface area contributed by atoms with Crippen LogP contribution < -0.4 is 4.98 Å². The minimum absolute atomic E-state index is 0.191. The van der Waals surface area contributed by atoms with Gasteiger partial charge in [0.05, 0.1) is 11.8 Å². The van der Waals surface area contributed by atoms with Crippen molar-refractivity contribution in [1.82, 2.24) is 0 Å². The van der Waals surface area contributed by atoms with E-state index in [9.17, 15) is 4.79 Å². The van der Waals surface area contributed by atoms with Crippen LogP contribution in [0, 0.1) is 6.92 Å². The lowest BCUT2D eigenvalue weighted by atomic mass is 10.2. The van der Waals surface area contributed by atoms with E-state index in [0.717, 1.165) is 21.5 Å². The summed E-state index contributed by atoms with van der Waals surface area (Å²) in [6.45, 7) is 2.01. The summed E-state index contributed by atoms with van der Waals surface area (Å²) < 4.78 is 0. The van der Waals surface area contributed by atoms with E-state index in [1.807, 2.05) is 31.2 Å². The van der Waals surface area contributed by atoms with Crippen LogP contribution in [0.15, 0.2) is 35.2 Å². The second-order valence-electron chi connectivity index (χ2n) is 3.85. The second-order valence-corrected chi connectivity index (χ2v) is 4.99. The van der Waals surface area contributed by atoms with Crippen molar-refractivity contribution >= 4 is 28.6 Å². The highest BCUT2D eigenvalue weighted by atomic mass is 32.2. The van der Waals surface area contributed by atoms with Crippen LogP contribution in [0.3, 0.4) is 0 Å². The lowest BCUT2D eigenvalue weighted by Crippen LogP contribution is -2.08. The highest BCUT2D eigenvalue weighted by molar-refractivity contribution is 7.99. The number of rotatable bonds is 4. The van der Waals surface area contributed by atoms with Crippen LogP contribution in [-0.2, 0) is 4.79 Å². The van der Waals surface area contributed by atoms with E-state index in [1.54, 1.807) is 11.8 Å². The fraction of sp³-hybridized carbons (Fsp3) is 0.231. The first kappa shape index (κ1) is 11.9. The van der Waals surface area contributed by atoms with Crippen LogP contribution in [-0.4, -0.2) is 16.8 Å². The number of pyridine rings is 1. The number of aromatic amines is 1. The lowest BCUT2D eigenvalue weighted by molar-refractivity contribution is -0.355. The van der Waals surface area contributed by atoms with Crippen LogP contribution in [0.2, 0.25) is 0 Å². The number of carboxylic acid groups (broad SMARTS) is 1. The number of thioether (sulfide) groups is 1. The molecule has 0 unspecified atom stereocenters. The Hall–Kier alpha value is -1.55. The van der Waals surface area contributed by atoms with E-state index in [0.29, 0.717) is 5.75 Å². The number of aryl methyl sites for hydroxylation is 1. The molecule has 0 amide bonds. The SMILES string of the molecule is Cc1cc(SCCC(=O)O)c2ccccc2[nH+]1. The van der Waals surface area contributed by atoms with Gasteiger partial charge in [0.2, 0.25) is 5.52 Å². The number of benzene rings is 1. The third kappa shape index (κ3) is 2.97. The Labute approximate surface area is 104 Å². The average Bonchev–Trinajstić information content (AvgIpc) is 2.28. The smallest absolute Gasteiger partial charge is 0.304 e. The van der Waals surface area contributed by atoms with Crippen LogP contribution in [0.1, 0.15) is 12.1 Å². The number of aromatic nitrogens is 1. The maximum absolute atomic E-state index is 10.5. The van der Waals surface area contributed by atoms with Gasteiger partial charge in [-0.1, -0.05) is 12.1 Å². The summed E-state index contributed by atoms with van der Waals surface area (Å²) in [6, 6.07) is 10.1. The first-order valence-electron chi connectivity index (χ1n) is 5.43. The van der Waals surface area contributed by atoms with Gasteiger partial charge in [-0.15, -0.1) is 11.8 Å². The third-order valence-electron chi connectivity index (χ3n) is 2.45. The van der Waals surface area contributed by atoms with E-state index < -0.39 is 5.97 Å². The Kier molecular flexibility index (Phi) is 3.64. The Bertz CT molecular complexity index is 554. The molecule has 0 saturated heterocycles. The van der Waals surface area contributed by atoms with E-state index >= 15 is 0 Å². The summed E-state index contributed by atoms with van der Waals surface area (Å²) >= 11 is 1.59. The molecule has 4 heteroatoms. The molecule has 1 aromatic heterocycles. The zero-order valence-electron chi connectivity index (χ0n) is 9.56. The predicted octanol–water partition coefficient (Wildman–Crippen LogP) is 2.53. The van der Waals surface area contributed by atoms with Crippen molar-refractivity contribution in [3.05, 3.63) is 36.0 Å². The molecule has 2 rings (SSSR count). The first-order chi connectivity index (χ1) is 8.16. The molecule has 0 saturated carbocycles. The van der Waals surface area contributed by atoms with Crippen LogP contribution in [0.25, 0.3) is 10.9 Å². The molecule has 88 valence electrons. The molecule has 0 aliphatic carbocycles. The molecular weight excluding hydrogens is 234 g/mol. The number of H-pyrrole nitrogens is 1. The Morgan fingerprint density at radius 1 is 1.41 bits per heavy atom. The van der Waals surface area contributed by atoms with Gasteiger partial charge in [-0.2, -0.15) is 0 Å². The number of fused-ring (bicyclic) bond motifs is 1. The number of hydrogen-bond donors (Lipinski definition) is 1.